The van der Waals surface area contributed by atoms with Crippen molar-refractivity contribution in [3.63, 3.8) is 0 Å². The molecule has 0 bridgehead atoms. The predicted octanol–water partition coefficient (Wildman–Crippen LogP) is 6.75. The van der Waals surface area contributed by atoms with Gasteiger partial charge in [-0.3, -0.25) is 4.79 Å². The summed E-state index contributed by atoms with van der Waals surface area (Å²) in [6.45, 7) is 8.29. The highest BCUT2D eigenvalue weighted by Crippen LogP contribution is 2.27. The fraction of sp³-hybridized carbons (Fsp3) is 0.389. The molecule has 2 unspecified atom stereocenters. The van der Waals surface area contributed by atoms with E-state index in [1.807, 2.05) is 63.2 Å². The Bertz CT molecular complexity index is 1580. The second kappa shape index (κ2) is 14.6. The zero-order valence-electron chi connectivity index (χ0n) is 25.8. The Morgan fingerprint density at radius 3 is 2.41 bits per heavy atom. The number of hydrogen-bond acceptors (Lipinski definition) is 6. The van der Waals surface area contributed by atoms with Gasteiger partial charge in [-0.15, -0.1) is 0 Å². The molecule has 0 spiro atoms. The van der Waals surface area contributed by atoms with Crippen LogP contribution in [0.25, 0.3) is 10.8 Å². The van der Waals surface area contributed by atoms with Crippen molar-refractivity contribution in [2.75, 3.05) is 26.3 Å². The van der Waals surface area contributed by atoms with E-state index in [1.165, 1.54) is 11.5 Å². The van der Waals surface area contributed by atoms with Gasteiger partial charge < -0.3 is 28.4 Å². The van der Waals surface area contributed by atoms with Crippen LogP contribution in [0.1, 0.15) is 50.8 Å². The van der Waals surface area contributed by atoms with Gasteiger partial charge in [0.15, 0.2) is 0 Å². The lowest BCUT2D eigenvalue weighted by atomic mass is 10.0. The average molecular weight is 599 g/mol. The predicted molar refractivity (Wildman–Crippen MR) is 171 cm³/mol. The third kappa shape index (κ3) is 8.71. The average Bonchev–Trinajstić information content (AvgIpc) is 3.01. The van der Waals surface area contributed by atoms with Gasteiger partial charge in [-0.1, -0.05) is 66.7 Å². The summed E-state index contributed by atoms with van der Waals surface area (Å²) in [5.41, 5.74) is 1.36. The van der Waals surface area contributed by atoms with Crippen molar-refractivity contribution in [2.45, 2.75) is 64.6 Å². The number of nitrogens with zero attached hydrogens (tertiary/aromatic N) is 2. The highest BCUT2D eigenvalue weighted by atomic mass is 16.6. The third-order valence-electron chi connectivity index (χ3n) is 7.54. The molecule has 2 atom stereocenters. The van der Waals surface area contributed by atoms with Gasteiger partial charge in [-0.2, -0.15) is 0 Å². The second-order valence-corrected chi connectivity index (χ2v) is 12.2. The van der Waals surface area contributed by atoms with Crippen LogP contribution >= 0.6 is 0 Å². The van der Waals surface area contributed by atoms with E-state index in [2.05, 4.69) is 30.3 Å². The molecule has 1 aliphatic rings. The molecule has 4 aromatic rings. The number of carbonyl (C=O) groups is 1. The van der Waals surface area contributed by atoms with Crippen molar-refractivity contribution in [1.29, 1.82) is 0 Å². The summed E-state index contributed by atoms with van der Waals surface area (Å²) in [5.74, 6) is 0.503. The lowest BCUT2D eigenvalue weighted by Gasteiger charge is -2.39. The van der Waals surface area contributed by atoms with Crippen LogP contribution < -0.4 is 10.3 Å². The molecule has 1 amide bonds. The quantitative estimate of drug-likeness (QED) is 0.178. The molecule has 1 aliphatic heterocycles. The Hall–Kier alpha value is -4.14. The number of pyridine rings is 1. The molecule has 3 aromatic carbocycles. The van der Waals surface area contributed by atoms with Gasteiger partial charge >= 0.3 is 6.09 Å². The molecule has 44 heavy (non-hydrogen) atoms. The Labute approximate surface area is 259 Å². The molecule has 1 fully saturated rings. The van der Waals surface area contributed by atoms with E-state index in [0.29, 0.717) is 58.1 Å². The molecule has 0 radical (unpaired) electrons. The molecular weight excluding hydrogens is 556 g/mol. The Balaban J connectivity index is 1.23. The summed E-state index contributed by atoms with van der Waals surface area (Å²) < 4.78 is 25.3. The van der Waals surface area contributed by atoms with E-state index in [1.54, 1.807) is 21.7 Å². The monoisotopic (exact) mass is 598 g/mol. The molecule has 1 aromatic heterocycles. The van der Waals surface area contributed by atoms with Crippen molar-refractivity contribution < 1.29 is 23.7 Å². The van der Waals surface area contributed by atoms with Gasteiger partial charge in [0.1, 0.15) is 11.4 Å². The maximum atomic E-state index is 13.4. The molecule has 232 valence electrons. The van der Waals surface area contributed by atoms with E-state index in [-0.39, 0.29) is 17.7 Å². The first-order valence-electron chi connectivity index (χ1n) is 15.3. The SMILES string of the molecule is CC(C)(C)OC(=O)N1CCC(OCc2ccc3ccccc3c2)C(n2ccc(OCCCOCc3ccccc3)cc2=O)C1. The van der Waals surface area contributed by atoms with Gasteiger partial charge in [0.05, 0.1) is 38.6 Å². The number of amides is 1. The maximum Gasteiger partial charge on any atom is 0.410 e. The van der Waals surface area contributed by atoms with Crippen molar-refractivity contribution in [1.82, 2.24) is 9.47 Å². The van der Waals surface area contributed by atoms with Crippen LogP contribution in [-0.4, -0.2) is 53.6 Å². The molecule has 0 aliphatic carbocycles. The number of rotatable bonds is 11. The van der Waals surface area contributed by atoms with Crippen molar-refractivity contribution in [2.24, 2.45) is 0 Å². The highest BCUT2D eigenvalue weighted by Gasteiger charge is 2.35. The van der Waals surface area contributed by atoms with Crippen LogP contribution in [-0.2, 0) is 27.4 Å². The van der Waals surface area contributed by atoms with Crippen molar-refractivity contribution in [3.05, 3.63) is 113 Å². The number of likely N-dealkylation sites (tertiary alicyclic amines) is 1. The van der Waals surface area contributed by atoms with Crippen LogP contribution in [0.2, 0.25) is 0 Å². The first-order chi connectivity index (χ1) is 21.2. The number of ether oxygens (including phenoxy) is 4. The second-order valence-electron chi connectivity index (χ2n) is 12.2. The number of hydrogen-bond donors (Lipinski definition) is 0. The summed E-state index contributed by atoms with van der Waals surface area (Å²) in [6.07, 6.45) is 2.35. The van der Waals surface area contributed by atoms with Crippen molar-refractivity contribution in [3.8, 4) is 5.75 Å². The van der Waals surface area contributed by atoms with E-state index in [0.717, 1.165) is 16.5 Å². The van der Waals surface area contributed by atoms with E-state index >= 15 is 0 Å². The molecule has 0 saturated carbocycles. The molecule has 0 N–H and O–H groups in total. The largest absolute Gasteiger partial charge is 0.493 e. The van der Waals surface area contributed by atoms with E-state index in [9.17, 15) is 9.59 Å². The van der Waals surface area contributed by atoms with Gasteiger partial charge in [-0.25, -0.2) is 4.79 Å². The number of aromatic nitrogens is 1. The van der Waals surface area contributed by atoms with E-state index < -0.39 is 11.7 Å². The summed E-state index contributed by atoms with van der Waals surface area (Å²) in [4.78, 5) is 28.0. The lowest BCUT2D eigenvalue weighted by Crippen LogP contribution is -2.50. The Morgan fingerprint density at radius 1 is 0.864 bits per heavy atom. The standard InChI is InChI=1S/C36H42N2O6/c1-36(2,3)44-35(40)37-18-17-33(43-26-28-14-15-29-12-7-8-13-30(29)22-28)32(24-37)38-19-16-31(23-34(38)39)42-21-9-20-41-25-27-10-5-4-6-11-27/h4-8,10-16,19,22-23,32-33H,9,17-18,20-21,24-26H2,1-3H3. The zero-order chi connectivity index (χ0) is 30.9. The summed E-state index contributed by atoms with van der Waals surface area (Å²) in [5, 5.41) is 2.33. The Morgan fingerprint density at radius 2 is 1.64 bits per heavy atom. The molecule has 5 rings (SSSR count). The fourth-order valence-electron chi connectivity index (χ4n) is 5.35. The summed E-state index contributed by atoms with van der Waals surface area (Å²) >= 11 is 0. The minimum Gasteiger partial charge on any atom is -0.493 e. The third-order valence-corrected chi connectivity index (χ3v) is 7.54. The van der Waals surface area contributed by atoms with Crippen LogP contribution in [0.3, 0.4) is 0 Å². The van der Waals surface area contributed by atoms with Gasteiger partial charge in [0.2, 0.25) is 0 Å². The Kier molecular flexibility index (Phi) is 10.4. The van der Waals surface area contributed by atoms with Gasteiger partial charge in [0, 0.05) is 31.8 Å². The van der Waals surface area contributed by atoms with Crippen LogP contribution in [0.5, 0.6) is 5.75 Å². The molecular formula is C36H42N2O6. The smallest absolute Gasteiger partial charge is 0.410 e. The van der Waals surface area contributed by atoms with E-state index in [4.69, 9.17) is 18.9 Å². The number of fused-ring (bicyclic) bond motifs is 1. The zero-order valence-corrected chi connectivity index (χ0v) is 25.8. The normalized spacial score (nSPS) is 17.0. The molecule has 8 nitrogen and oxygen atoms in total. The van der Waals surface area contributed by atoms with Crippen LogP contribution in [0.4, 0.5) is 4.79 Å². The van der Waals surface area contributed by atoms with Gasteiger partial charge in [0.25, 0.3) is 5.56 Å². The maximum absolute atomic E-state index is 13.4. The van der Waals surface area contributed by atoms with Crippen LogP contribution in [0, 0.1) is 0 Å². The fourth-order valence-corrected chi connectivity index (χ4v) is 5.35. The van der Waals surface area contributed by atoms with Gasteiger partial charge in [-0.05, 0) is 61.2 Å². The minimum absolute atomic E-state index is 0.210. The number of benzene rings is 3. The lowest BCUT2D eigenvalue weighted by molar-refractivity contribution is -0.0445. The highest BCUT2D eigenvalue weighted by molar-refractivity contribution is 5.82. The topological polar surface area (TPSA) is 79.2 Å². The molecule has 1 saturated heterocycles. The first-order valence-corrected chi connectivity index (χ1v) is 15.3. The minimum atomic E-state index is -0.613. The number of piperidine rings is 1. The first kappa shape index (κ1) is 31.3. The van der Waals surface area contributed by atoms with Crippen LogP contribution in [0.15, 0.2) is 95.9 Å². The summed E-state index contributed by atoms with van der Waals surface area (Å²) in [6, 6.07) is 27.4. The molecule has 2 heterocycles. The summed E-state index contributed by atoms with van der Waals surface area (Å²) in [7, 11) is 0. The number of carbonyl (C=O) groups excluding carboxylic acids is 1. The van der Waals surface area contributed by atoms with Crippen molar-refractivity contribution >= 4 is 16.9 Å². The molecule has 8 heteroatoms.